The van der Waals surface area contributed by atoms with Crippen molar-refractivity contribution in [3.63, 3.8) is 0 Å². The fourth-order valence-corrected chi connectivity index (χ4v) is 1.76. The van der Waals surface area contributed by atoms with Crippen LogP contribution < -0.4 is 0 Å². The van der Waals surface area contributed by atoms with Crippen LogP contribution in [0.1, 0.15) is 48.8 Å². The Hall–Kier alpha value is -1.53. The van der Waals surface area contributed by atoms with Crippen molar-refractivity contribution in [3.8, 4) is 0 Å². The molecular weight excluding hydrogens is 244 g/mol. The van der Waals surface area contributed by atoms with Gasteiger partial charge >= 0.3 is 5.97 Å². The first-order chi connectivity index (χ1) is 8.63. The summed E-state index contributed by atoms with van der Waals surface area (Å²) < 4.78 is 31.7. The van der Waals surface area contributed by atoms with Crippen LogP contribution in [0, 0.1) is 5.92 Å². The SMILES string of the molecule is CCOC(=O)c1nnn(CCC2CC2)c1C(F)F. The van der Waals surface area contributed by atoms with Gasteiger partial charge in [-0.1, -0.05) is 18.1 Å². The van der Waals surface area contributed by atoms with Gasteiger partial charge in [-0.05, 0) is 19.3 Å². The van der Waals surface area contributed by atoms with Crippen molar-refractivity contribution < 1.29 is 18.3 Å². The van der Waals surface area contributed by atoms with Gasteiger partial charge in [0.15, 0.2) is 5.69 Å². The second-order valence-electron chi connectivity index (χ2n) is 4.30. The number of rotatable bonds is 6. The topological polar surface area (TPSA) is 57.0 Å². The fraction of sp³-hybridized carbons (Fsp3) is 0.727. The van der Waals surface area contributed by atoms with E-state index >= 15 is 0 Å². The first kappa shape index (κ1) is 12.9. The van der Waals surface area contributed by atoms with E-state index in [0.29, 0.717) is 12.5 Å². The van der Waals surface area contributed by atoms with Crippen LogP contribution in [0.5, 0.6) is 0 Å². The van der Waals surface area contributed by atoms with Crippen LogP contribution in [-0.4, -0.2) is 27.6 Å². The lowest BCUT2D eigenvalue weighted by Gasteiger charge is -2.06. The van der Waals surface area contributed by atoms with E-state index in [2.05, 4.69) is 15.0 Å². The number of hydrogen-bond acceptors (Lipinski definition) is 4. The summed E-state index contributed by atoms with van der Waals surface area (Å²) in [5.41, 5.74) is -0.809. The van der Waals surface area contributed by atoms with Crippen LogP contribution in [0.3, 0.4) is 0 Å². The molecule has 0 aromatic carbocycles. The van der Waals surface area contributed by atoms with Crippen molar-refractivity contribution in [3.05, 3.63) is 11.4 Å². The highest BCUT2D eigenvalue weighted by Crippen LogP contribution is 2.33. The number of esters is 1. The molecule has 0 aliphatic heterocycles. The van der Waals surface area contributed by atoms with E-state index in [1.54, 1.807) is 6.92 Å². The number of hydrogen-bond donors (Lipinski definition) is 0. The predicted molar refractivity (Wildman–Crippen MR) is 58.3 cm³/mol. The molecule has 1 fully saturated rings. The van der Waals surface area contributed by atoms with Gasteiger partial charge in [-0.15, -0.1) is 5.10 Å². The third kappa shape index (κ3) is 2.83. The highest BCUT2D eigenvalue weighted by Gasteiger charge is 2.28. The lowest BCUT2D eigenvalue weighted by molar-refractivity contribution is 0.0506. The minimum atomic E-state index is -2.78. The summed E-state index contributed by atoms with van der Waals surface area (Å²) in [5.74, 6) is -0.240. The Labute approximate surface area is 103 Å². The van der Waals surface area contributed by atoms with Gasteiger partial charge in [0, 0.05) is 6.54 Å². The van der Waals surface area contributed by atoms with E-state index < -0.39 is 18.1 Å². The number of ether oxygens (including phenoxy) is 1. The number of carbonyl (C=O) groups excluding carboxylic acids is 1. The fourth-order valence-electron chi connectivity index (χ4n) is 1.76. The number of aryl methyl sites for hydroxylation is 1. The zero-order valence-corrected chi connectivity index (χ0v) is 10.1. The maximum atomic E-state index is 13.0. The Bertz CT molecular complexity index is 430. The molecule has 1 aliphatic carbocycles. The van der Waals surface area contributed by atoms with Crippen LogP contribution in [0.2, 0.25) is 0 Å². The molecule has 1 aliphatic rings. The molecule has 0 saturated heterocycles. The van der Waals surface area contributed by atoms with Gasteiger partial charge in [-0.3, -0.25) is 0 Å². The Morgan fingerprint density at radius 3 is 2.83 bits per heavy atom. The molecule has 0 bridgehead atoms. The largest absolute Gasteiger partial charge is 0.461 e. The minimum Gasteiger partial charge on any atom is -0.461 e. The van der Waals surface area contributed by atoms with Gasteiger partial charge in [0.05, 0.1) is 6.61 Å². The van der Waals surface area contributed by atoms with Gasteiger partial charge in [0.2, 0.25) is 0 Å². The summed E-state index contributed by atoms with van der Waals surface area (Å²) in [6, 6.07) is 0. The maximum Gasteiger partial charge on any atom is 0.361 e. The van der Waals surface area contributed by atoms with E-state index in [-0.39, 0.29) is 12.3 Å². The summed E-state index contributed by atoms with van der Waals surface area (Å²) in [5, 5.41) is 7.14. The molecular formula is C11H15F2N3O2. The number of nitrogens with zero attached hydrogens (tertiary/aromatic N) is 3. The van der Waals surface area contributed by atoms with E-state index in [9.17, 15) is 13.6 Å². The number of carbonyl (C=O) groups is 1. The zero-order chi connectivity index (χ0) is 13.1. The van der Waals surface area contributed by atoms with Crippen molar-refractivity contribution in [2.45, 2.75) is 39.2 Å². The van der Waals surface area contributed by atoms with Crippen LogP contribution in [0.4, 0.5) is 8.78 Å². The molecule has 0 unspecified atom stereocenters. The average molecular weight is 259 g/mol. The Morgan fingerprint density at radius 1 is 1.56 bits per heavy atom. The number of alkyl halides is 2. The molecule has 0 N–H and O–H groups in total. The highest BCUT2D eigenvalue weighted by atomic mass is 19.3. The van der Waals surface area contributed by atoms with Gasteiger partial charge in [0.25, 0.3) is 6.43 Å². The van der Waals surface area contributed by atoms with Gasteiger partial charge in [-0.2, -0.15) is 0 Å². The third-order valence-corrected chi connectivity index (χ3v) is 2.89. The first-order valence-electron chi connectivity index (χ1n) is 6.02. The molecule has 7 heteroatoms. The molecule has 18 heavy (non-hydrogen) atoms. The molecule has 1 aromatic rings. The van der Waals surface area contributed by atoms with Crippen LogP contribution in [-0.2, 0) is 11.3 Å². The molecule has 5 nitrogen and oxygen atoms in total. The average Bonchev–Trinajstić information content (AvgIpc) is 3.04. The Morgan fingerprint density at radius 2 is 2.28 bits per heavy atom. The Kier molecular flexibility index (Phi) is 3.88. The van der Waals surface area contributed by atoms with Gasteiger partial charge in [-0.25, -0.2) is 18.3 Å². The van der Waals surface area contributed by atoms with E-state index in [1.165, 1.54) is 0 Å². The van der Waals surface area contributed by atoms with Gasteiger partial charge in [0.1, 0.15) is 5.69 Å². The van der Waals surface area contributed by atoms with Crippen LogP contribution in [0.15, 0.2) is 0 Å². The predicted octanol–water partition coefficient (Wildman–Crippen LogP) is 2.19. The van der Waals surface area contributed by atoms with Gasteiger partial charge < -0.3 is 4.74 Å². The second-order valence-corrected chi connectivity index (χ2v) is 4.30. The van der Waals surface area contributed by atoms with E-state index in [4.69, 9.17) is 0 Å². The lowest BCUT2D eigenvalue weighted by Crippen LogP contribution is -2.12. The number of aromatic nitrogens is 3. The van der Waals surface area contributed by atoms with Crippen LogP contribution in [0.25, 0.3) is 0 Å². The summed E-state index contributed by atoms with van der Waals surface area (Å²) in [7, 11) is 0. The molecule has 0 amide bonds. The molecule has 0 atom stereocenters. The van der Waals surface area contributed by atoms with Crippen molar-refractivity contribution in [1.82, 2.24) is 15.0 Å². The summed E-state index contributed by atoms with van der Waals surface area (Å²) >= 11 is 0. The minimum absolute atomic E-state index is 0.121. The monoisotopic (exact) mass is 259 g/mol. The van der Waals surface area contributed by atoms with Crippen molar-refractivity contribution in [2.24, 2.45) is 5.92 Å². The smallest absolute Gasteiger partial charge is 0.361 e. The standard InChI is InChI=1S/C11H15F2N3O2/c1-2-18-11(17)8-9(10(12)13)16(15-14-8)6-5-7-3-4-7/h7,10H,2-6H2,1H3. The summed E-state index contributed by atoms with van der Waals surface area (Å²) in [6.07, 6.45) is 0.303. The molecule has 0 spiro atoms. The third-order valence-electron chi connectivity index (χ3n) is 2.89. The summed E-state index contributed by atoms with van der Waals surface area (Å²) in [6.45, 7) is 2.10. The first-order valence-corrected chi connectivity index (χ1v) is 6.02. The normalized spacial score (nSPS) is 15.1. The highest BCUT2D eigenvalue weighted by molar-refractivity contribution is 5.88. The van der Waals surface area contributed by atoms with E-state index in [1.807, 2.05) is 0 Å². The molecule has 2 rings (SSSR count). The number of halogens is 2. The Balaban J connectivity index is 2.15. The molecule has 1 heterocycles. The van der Waals surface area contributed by atoms with Crippen LogP contribution >= 0.6 is 0 Å². The maximum absolute atomic E-state index is 13.0. The zero-order valence-electron chi connectivity index (χ0n) is 10.1. The van der Waals surface area contributed by atoms with Crippen molar-refractivity contribution in [1.29, 1.82) is 0 Å². The molecule has 1 aromatic heterocycles. The van der Waals surface area contributed by atoms with Crippen molar-refractivity contribution in [2.75, 3.05) is 6.61 Å². The summed E-state index contributed by atoms with van der Waals surface area (Å²) in [4.78, 5) is 11.5. The molecule has 0 radical (unpaired) electrons. The van der Waals surface area contributed by atoms with Crippen molar-refractivity contribution >= 4 is 5.97 Å². The molecule has 100 valence electrons. The second kappa shape index (κ2) is 5.41. The quantitative estimate of drug-likeness (QED) is 0.735. The van der Waals surface area contributed by atoms with E-state index in [0.717, 1.165) is 23.9 Å². The molecule has 1 saturated carbocycles. The lowest BCUT2D eigenvalue weighted by atomic mass is 10.2.